The van der Waals surface area contributed by atoms with Crippen LogP contribution in [0.2, 0.25) is 0 Å². The summed E-state index contributed by atoms with van der Waals surface area (Å²) in [5, 5.41) is 0. The molecule has 1 unspecified atom stereocenters. The van der Waals surface area contributed by atoms with Gasteiger partial charge in [-0.15, -0.1) is 0 Å². The largest absolute Gasteiger partial charge is 0.488 e. The third-order valence-corrected chi connectivity index (χ3v) is 2.37. The van der Waals surface area contributed by atoms with Crippen molar-refractivity contribution in [2.45, 2.75) is 19.4 Å². The predicted molar refractivity (Wildman–Crippen MR) is 67.2 cm³/mol. The van der Waals surface area contributed by atoms with E-state index in [0.717, 1.165) is 22.2 Å². The van der Waals surface area contributed by atoms with E-state index in [-0.39, 0.29) is 6.04 Å². The Kier molecular flexibility index (Phi) is 4.85. The fourth-order valence-corrected chi connectivity index (χ4v) is 1.32. The van der Waals surface area contributed by atoms with Crippen LogP contribution in [0.3, 0.4) is 0 Å². The molecule has 0 heterocycles. The Balaban J connectivity index is 2.60. The van der Waals surface area contributed by atoms with Crippen molar-refractivity contribution >= 4 is 15.9 Å². The van der Waals surface area contributed by atoms with Gasteiger partial charge in [0.05, 0.1) is 0 Å². The van der Waals surface area contributed by atoms with Crippen LogP contribution in [0.25, 0.3) is 0 Å². The Hall–Kier alpha value is -0.800. The van der Waals surface area contributed by atoms with E-state index >= 15 is 0 Å². The lowest BCUT2D eigenvalue weighted by Gasteiger charge is -2.10. The van der Waals surface area contributed by atoms with Gasteiger partial charge in [-0.2, -0.15) is 0 Å². The molecule has 0 saturated carbocycles. The second kappa shape index (κ2) is 5.93. The van der Waals surface area contributed by atoms with Gasteiger partial charge in [0.15, 0.2) is 0 Å². The van der Waals surface area contributed by atoms with Crippen LogP contribution in [0.5, 0.6) is 5.75 Å². The lowest BCUT2D eigenvalue weighted by molar-refractivity contribution is 0.361. The molecule has 1 aromatic rings. The van der Waals surface area contributed by atoms with Crippen LogP contribution >= 0.6 is 15.9 Å². The fraction of sp³-hybridized carbons (Fsp3) is 0.333. The lowest BCUT2D eigenvalue weighted by atomic mass is 10.1. The van der Waals surface area contributed by atoms with E-state index in [4.69, 9.17) is 10.5 Å². The molecular formula is C12H16BrNO. The van der Waals surface area contributed by atoms with Crippen molar-refractivity contribution in [3.63, 3.8) is 0 Å². The van der Waals surface area contributed by atoms with E-state index in [9.17, 15) is 0 Å². The minimum atomic E-state index is 0.116. The highest BCUT2D eigenvalue weighted by atomic mass is 79.9. The minimum Gasteiger partial charge on any atom is -0.488 e. The van der Waals surface area contributed by atoms with Crippen LogP contribution < -0.4 is 10.5 Å². The first-order valence-corrected chi connectivity index (χ1v) is 5.74. The molecule has 0 aliphatic rings. The molecule has 0 amide bonds. The first kappa shape index (κ1) is 12.3. The summed E-state index contributed by atoms with van der Waals surface area (Å²) in [5.74, 6) is 0.836. The molecule has 1 aromatic carbocycles. The zero-order valence-electron chi connectivity index (χ0n) is 8.87. The summed E-state index contributed by atoms with van der Waals surface area (Å²) in [7, 11) is 0. The highest BCUT2D eigenvalue weighted by Crippen LogP contribution is 2.18. The average molecular weight is 270 g/mol. The zero-order valence-corrected chi connectivity index (χ0v) is 10.5. The molecule has 0 aliphatic carbocycles. The average Bonchev–Trinajstić information content (AvgIpc) is 2.26. The van der Waals surface area contributed by atoms with E-state index in [1.54, 1.807) is 0 Å². The molecule has 1 rings (SSSR count). The maximum atomic E-state index is 5.90. The maximum Gasteiger partial charge on any atom is 0.119 e. The predicted octanol–water partition coefficient (Wildman–Crippen LogP) is 3.38. The van der Waals surface area contributed by atoms with Crippen molar-refractivity contribution in [1.82, 2.24) is 0 Å². The Morgan fingerprint density at radius 3 is 2.53 bits per heavy atom. The van der Waals surface area contributed by atoms with Crippen molar-refractivity contribution in [3.8, 4) is 5.75 Å². The summed E-state index contributed by atoms with van der Waals surface area (Å²) in [6.07, 6.45) is 0.943. The second-order valence-electron chi connectivity index (χ2n) is 3.39. The topological polar surface area (TPSA) is 35.2 Å². The highest BCUT2D eigenvalue weighted by molar-refractivity contribution is 9.11. The Bertz CT molecular complexity index is 321. The third kappa shape index (κ3) is 4.06. The smallest absolute Gasteiger partial charge is 0.119 e. The van der Waals surface area contributed by atoms with Gasteiger partial charge in [0.25, 0.3) is 0 Å². The molecule has 82 valence electrons. The maximum absolute atomic E-state index is 5.90. The van der Waals surface area contributed by atoms with Gasteiger partial charge in [0.2, 0.25) is 0 Å². The summed E-state index contributed by atoms with van der Waals surface area (Å²) in [6.45, 7) is 6.26. The standard InChI is InChI=1S/C12H16BrNO/c1-3-12(14)10-4-6-11(7-5-10)15-8-9(2)13/h4-7,12H,2-3,8,14H2,1H3. The van der Waals surface area contributed by atoms with Gasteiger partial charge in [-0.05, 0) is 24.1 Å². The van der Waals surface area contributed by atoms with Crippen molar-refractivity contribution in [1.29, 1.82) is 0 Å². The quantitative estimate of drug-likeness (QED) is 0.890. The molecule has 0 bridgehead atoms. The van der Waals surface area contributed by atoms with Gasteiger partial charge >= 0.3 is 0 Å². The molecule has 2 N–H and O–H groups in total. The minimum absolute atomic E-state index is 0.116. The van der Waals surface area contributed by atoms with Crippen LogP contribution in [0.4, 0.5) is 0 Å². The zero-order chi connectivity index (χ0) is 11.3. The first-order chi connectivity index (χ1) is 7.13. The molecule has 0 aromatic heterocycles. The SMILES string of the molecule is C=C(Br)COc1ccc(C(N)CC)cc1. The number of ether oxygens (including phenoxy) is 1. The summed E-state index contributed by atoms with van der Waals surface area (Å²) >= 11 is 3.24. The summed E-state index contributed by atoms with van der Waals surface area (Å²) in [5.41, 5.74) is 7.05. The van der Waals surface area contributed by atoms with Gasteiger partial charge in [-0.1, -0.05) is 41.6 Å². The van der Waals surface area contributed by atoms with Gasteiger partial charge < -0.3 is 10.5 Å². The molecule has 1 atom stereocenters. The Labute approximate surface area is 99.3 Å². The summed E-state index contributed by atoms with van der Waals surface area (Å²) in [6, 6.07) is 7.98. The number of nitrogens with two attached hydrogens (primary N) is 1. The Morgan fingerprint density at radius 2 is 2.07 bits per heavy atom. The lowest BCUT2D eigenvalue weighted by Crippen LogP contribution is -2.08. The number of halogens is 1. The van der Waals surface area contributed by atoms with Crippen LogP contribution in [-0.2, 0) is 0 Å². The van der Waals surface area contributed by atoms with Crippen molar-refractivity contribution in [3.05, 3.63) is 40.9 Å². The van der Waals surface area contributed by atoms with E-state index in [1.165, 1.54) is 0 Å². The number of hydrogen-bond acceptors (Lipinski definition) is 2. The van der Waals surface area contributed by atoms with E-state index < -0.39 is 0 Å². The van der Waals surface area contributed by atoms with Crippen molar-refractivity contribution in [2.24, 2.45) is 5.73 Å². The normalized spacial score (nSPS) is 12.2. The first-order valence-electron chi connectivity index (χ1n) is 4.95. The molecule has 3 heteroatoms. The van der Waals surface area contributed by atoms with Crippen LogP contribution in [0.1, 0.15) is 24.9 Å². The second-order valence-corrected chi connectivity index (χ2v) is 4.51. The van der Waals surface area contributed by atoms with Gasteiger partial charge in [0.1, 0.15) is 12.4 Å². The summed E-state index contributed by atoms with van der Waals surface area (Å²) in [4.78, 5) is 0. The van der Waals surface area contributed by atoms with Crippen molar-refractivity contribution < 1.29 is 4.74 Å². The van der Waals surface area contributed by atoms with Crippen LogP contribution in [0.15, 0.2) is 35.3 Å². The third-order valence-electron chi connectivity index (χ3n) is 2.14. The molecule has 0 radical (unpaired) electrons. The fourth-order valence-electron chi connectivity index (χ4n) is 1.21. The molecular weight excluding hydrogens is 254 g/mol. The monoisotopic (exact) mass is 269 g/mol. The molecule has 0 fully saturated rings. The van der Waals surface area contributed by atoms with E-state index in [2.05, 4.69) is 29.4 Å². The molecule has 0 saturated heterocycles. The van der Waals surface area contributed by atoms with Gasteiger partial charge in [-0.3, -0.25) is 0 Å². The van der Waals surface area contributed by atoms with E-state index in [1.807, 2.05) is 24.3 Å². The molecule has 2 nitrogen and oxygen atoms in total. The van der Waals surface area contributed by atoms with Crippen LogP contribution in [0, 0.1) is 0 Å². The van der Waals surface area contributed by atoms with Gasteiger partial charge in [0, 0.05) is 10.5 Å². The Morgan fingerprint density at radius 1 is 1.47 bits per heavy atom. The van der Waals surface area contributed by atoms with Crippen molar-refractivity contribution in [2.75, 3.05) is 6.61 Å². The van der Waals surface area contributed by atoms with Gasteiger partial charge in [-0.25, -0.2) is 0 Å². The number of hydrogen-bond donors (Lipinski definition) is 1. The number of rotatable bonds is 5. The highest BCUT2D eigenvalue weighted by Gasteiger charge is 2.02. The summed E-state index contributed by atoms with van der Waals surface area (Å²) < 4.78 is 6.28. The van der Waals surface area contributed by atoms with E-state index in [0.29, 0.717) is 6.61 Å². The molecule has 0 aliphatic heterocycles. The molecule has 0 spiro atoms. The van der Waals surface area contributed by atoms with Crippen LogP contribution in [-0.4, -0.2) is 6.61 Å². The number of benzene rings is 1. The molecule has 15 heavy (non-hydrogen) atoms.